The Labute approximate surface area is 157 Å². The molecule has 6 heteroatoms. The lowest BCUT2D eigenvalue weighted by Gasteiger charge is -2.12. The maximum absolute atomic E-state index is 12.3. The topological polar surface area (TPSA) is 73.9 Å². The normalized spacial score (nSPS) is 14.2. The number of amides is 1. The van der Waals surface area contributed by atoms with E-state index in [-0.39, 0.29) is 11.7 Å². The number of fused-ring (bicyclic) bond motifs is 1. The molecule has 1 heterocycles. The second kappa shape index (κ2) is 7.78. The molecule has 0 spiro atoms. The number of nitrogens with one attached hydrogen (secondary N) is 1. The van der Waals surface area contributed by atoms with Gasteiger partial charge in [-0.15, -0.1) is 0 Å². The lowest BCUT2D eigenvalue weighted by Crippen LogP contribution is -2.05. The third-order valence-electron chi connectivity index (χ3n) is 4.12. The van der Waals surface area contributed by atoms with E-state index in [2.05, 4.69) is 5.32 Å². The highest BCUT2D eigenvalue weighted by molar-refractivity contribution is 6.34. The Hall–Kier alpha value is -3.54. The SMILES string of the molecule is COc1cc(C=CC(=O)C=C2C(=O)Nc3ccccc32)cc(OC)c1OC. The van der Waals surface area contributed by atoms with Crippen molar-refractivity contribution >= 4 is 29.0 Å². The molecule has 1 amide bonds. The fourth-order valence-electron chi connectivity index (χ4n) is 2.85. The second-order valence-electron chi connectivity index (χ2n) is 5.75. The zero-order valence-electron chi connectivity index (χ0n) is 15.2. The summed E-state index contributed by atoms with van der Waals surface area (Å²) in [5.41, 5.74) is 2.48. The van der Waals surface area contributed by atoms with Gasteiger partial charge in [-0.25, -0.2) is 0 Å². The summed E-state index contributed by atoms with van der Waals surface area (Å²) in [5.74, 6) is 0.874. The first kappa shape index (κ1) is 18.3. The molecule has 2 aromatic carbocycles. The number of ether oxygens (including phenoxy) is 3. The Morgan fingerprint density at radius 3 is 2.30 bits per heavy atom. The zero-order chi connectivity index (χ0) is 19.4. The van der Waals surface area contributed by atoms with Gasteiger partial charge in [0.2, 0.25) is 5.75 Å². The van der Waals surface area contributed by atoms with Gasteiger partial charge in [0.25, 0.3) is 5.91 Å². The summed E-state index contributed by atoms with van der Waals surface area (Å²) in [6.45, 7) is 0. The molecular formula is C21H19NO5. The number of hydrogen-bond donors (Lipinski definition) is 1. The van der Waals surface area contributed by atoms with Crippen LogP contribution in [-0.4, -0.2) is 33.0 Å². The minimum atomic E-state index is -0.300. The highest BCUT2D eigenvalue weighted by atomic mass is 16.5. The lowest BCUT2D eigenvalue weighted by molar-refractivity contribution is -0.112. The van der Waals surface area contributed by atoms with Crippen molar-refractivity contribution in [3.8, 4) is 17.2 Å². The summed E-state index contributed by atoms with van der Waals surface area (Å²) in [7, 11) is 4.57. The van der Waals surface area contributed by atoms with Crippen molar-refractivity contribution in [2.75, 3.05) is 26.6 Å². The predicted molar refractivity (Wildman–Crippen MR) is 103 cm³/mol. The minimum absolute atomic E-state index is 0.286. The summed E-state index contributed by atoms with van der Waals surface area (Å²) in [6, 6.07) is 10.7. The van der Waals surface area contributed by atoms with Gasteiger partial charge in [0.1, 0.15) is 0 Å². The number of carbonyl (C=O) groups excluding carboxylic acids is 2. The molecule has 138 valence electrons. The maximum atomic E-state index is 12.3. The number of carbonyl (C=O) groups is 2. The summed E-state index contributed by atoms with van der Waals surface area (Å²) < 4.78 is 15.9. The molecular weight excluding hydrogens is 346 g/mol. The van der Waals surface area contributed by atoms with Crippen LogP contribution in [-0.2, 0) is 9.59 Å². The van der Waals surface area contributed by atoms with Crippen LogP contribution < -0.4 is 19.5 Å². The van der Waals surface area contributed by atoms with Gasteiger partial charge in [-0.3, -0.25) is 9.59 Å². The average Bonchev–Trinajstić information content (AvgIpc) is 3.00. The smallest absolute Gasteiger partial charge is 0.256 e. The molecule has 3 rings (SSSR count). The van der Waals surface area contributed by atoms with Crippen LogP contribution in [0.15, 0.2) is 48.6 Å². The monoisotopic (exact) mass is 365 g/mol. The zero-order valence-corrected chi connectivity index (χ0v) is 15.2. The van der Waals surface area contributed by atoms with Crippen molar-refractivity contribution in [1.82, 2.24) is 0 Å². The predicted octanol–water partition coefficient (Wildman–Crippen LogP) is 3.33. The molecule has 0 aromatic heterocycles. The molecule has 1 aliphatic heterocycles. The molecule has 6 nitrogen and oxygen atoms in total. The van der Waals surface area contributed by atoms with Crippen LogP contribution in [0.1, 0.15) is 11.1 Å². The van der Waals surface area contributed by atoms with Crippen LogP contribution in [0.4, 0.5) is 5.69 Å². The van der Waals surface area contributed by atoms with E-state index in [0.717, 1.165) is 5.56 Å². The Kier molecular flexibility index (Phi) is 5.26. The molecule has 0 bridgehead atoms. The van der Waals surface area contributed by atoms with Crippen LogP contribution in [0.25, 0.3) is 11.6 Å². The third-order valence-corrected chi connectivity index (χ3v) is 4.12. The van der Waals surface area contributed by atoms with E-state index in [9.17, 15) is 9.59 Å². The number of methoxy groups -OCH3 is 3. The van der Waals surface area contributed by atoms with E-state index in [1.807, 2.05) is 12.1 Å². The van der Waals surface area contributed by atoms with E-state index in [4.69, 9.17) is 14.2 Å². The van der Waals surface area contributed by atoms with E-state index in [1.165, 1.54) is 33.5 Å². The lowest BCUT2D eigenvalue weighted by atomic mass is 10.1. The minimum Gasteiger partial charge on any atom is -0.493 e. The molecule has 0 saturated carbocycles. The molecule has 2 aromatic rings. The highest BCUT2D eigenvalue weighted by Crippen LogP contribution is 2.38. The first-order valence-electron chi connectivity index (χ1n) is 8.22. The molecule has 1 aliphatic rings. The van der Waals surface area contributed by atoms with E-state index in [0.29, 0.717) is 34.1 Å². The molecule has 0 unspecified atom stereocenters. The number of hydrogen-bond acceptors (Lipinski definition) is 5. The molecule has 0 saturated heterocycles. The van der Waals surface area contributed by atoms with Gasteiger partial charge < -0.3 is 19.5 Å². The Morgan fingerprint density at radius 2 is 1.67 bits per heavy atom. The van der Waals surface area contributed by atoms with Crippen LogP contribution >= 0.6 is 0 Å². The Morgan fingerprint density at radius 1 is 1.00 bits per heavy atom. The fourth-order valence-corrected chi connectivity index (χ4v) is 2.85. The van der Waals surface area contributed by atoms with Crippen molar-refractivity contribution in [1.29, 1.82) is 0 Å². The van der Waals surface area contributed by atoms with Gasteiger partial charge in [-0.2, -0.15) is 0 Å². The molecule has 27 heavy (non-hydrogen) atoms. The number of allylic oxidation sites excluding steroid dienone is 2. The molecule has 0 aliphatic carbocycles. The Bertz CT molecular complexity index is 934. The quantitative estimate of drug-likeness (QED) is 0.795. The van der Waals surface area contributed by atoms with Gasteiger partial charge in [-0.05, 0) is 35.9 Å². The maximum Gasteiger partial charge on any atom is 0.256 e. The van der Waals surface area contributed by atoms with Gasteiger partial charge >= 0.3 is 0 Å². The number of ketones is 1. The van der Waals surface area contributed by atoms with Crippen molar-refractivity contribution in [2.24, 2.45) is 0 Å². The van der Waals surface area contributed by atoms with Gasteiger partial charge in [-0.1, -0.05) is 24.3 Å². The van der Waals surface area contributed by atoms with Gasteiger partial charge in [0.15, 0.2) is 17.3 Å². The summed E-state index contributed by atoms with van der Waals surface area (Å²) in [5, 5.41) is 2.74. The van der Waals surface area contributed by atoms with E-state index < -0.39 is 0 Å². The van der Waals surface area contributed by atoms with Crippen LogP contribution in [0, 0.1) is 0 Å². The average molecular weight is 365 g/mol. The third kappa shape index (κ3) is 3.69. The van der Waals surface area contributed by atoms with E-state index >= 15 is 0 Å². The van der Waals surface area contributed by atoms with Crippen molar-refractivity contribution < 1.29 is 23.8 Å². The van der Waals surface area contributed by atoms with Crippen LogP contribution in [0.3, 0.4) is 0 Å². The standard InChI is InChI=1S/C21H19NO5/c1-25-18-10-13(11-19(26-2)20(18)27-3)8-9-14(23)12-16-15-6-4-5-7-17(15)22-21(16)24/h4-12H,1-3H3,(H,22,24). The first-order chi connectivity index (χ1) is 13.1. The largest absolute Gasteiger partial charge is 0.493 e. The first-order valence-corrected chi connectivity index (χ1v) is 8.22. The summed E-state index contributed by atoms with van der Waals surface area (Å²) in [4.78, 5) is 24.4. The van der Waals surface area contributed by atoms with Gasteiger partial charge in [0, 0.05) is 11.3 Å². The molecule has 0 fully saturated rings. The number of benzene rings is 2. The number of para-hydroxylation sites is 1. The molecule has 0 radical (unpaired) electrons. The second-order valence-corrected chi connectivity index (χ2v) is 5.75. The fraction of sp³-hybridized carbons (Fsp3) is 0.143. The number of rotatable bonds is 6. The molecule has 0 atom stereocenters. The van der Waals surface area contributed by atoms with Crippen molar-refractivity contribution in [3.63, 3.8) is 0 Å². The highest BCUT2D eigenvalue weighted by Gasteiger charge is 2.23. The Balaban J connectivity index is 1.87. The summed E-state index contributed by atoms with van der Waals surface area (Å²) >= 11 is 0. The van der Waals surface area contributed by atoms with Crippen LogP contribution in [0.5, 0.6) is 17.2 Å². The van der Waals surface area contributed by atoms with E-state index in [1.54, 1.807) is 30.3 Å². The van der Waals surface area contributed by atoms with Crippen molar-refractivity contribution in [2.45, 2.75) is 0 Å². The summed E-state index contributed by atoms with van der Waals surface area (Å²) in [6.07, 6.45) is 4.35. The van der Waals surface area contributed by atoms with Crippen LogP contribution in [0.2, 0.25) is 0 Å². The van der Waals surface area contributed by atoms with Crippen molar-refractivity contribution in [3.05, 3.63) is 59.7 Å². The number of anilines is 1. The van der Waals surface area contributed by atoms with Gasteiger partial charge in [0.05, 0.1) is 26.9 Å². The molecule has 1 N–H and O–H groups in total.